The Bertz CT molecular complexity index is 1240. The highest BCUT2D eigenvalue weighted by molar-refractivity contribution is 5.76. The number of carboxylic acid groups (broad SMARTS) is 1. The van der Waals surface area contributed by atoms with E-state index in [0.29, 0.717) is 48.8 Å². The Hall–Kier alpha value is -3.24. The van der Waals surface area contributed by atoms with Crippen molar-refractivity contribution in [2.75, 3.05) is 13.2 Å². The number of carbonyl (C=O) groups is 1. The minimum Gasteiger partial charge on any atom is -0.492 e. The number of hydrogen-bond donors (Lipinski definition) is 2. The lowest BCUT2D eigenvalue weighted by Gasteiger charge is -2.14. The summed E-state index contributed by atoms with van der Waals surface area (Å²) in [5.74, 6) is 0.385. The molecule has 0 radical (unpaired) electrons. The molecule has 0 aliphatic rings. The van der Waals surface area contributed by atoms with Gasteiger partial charge < -0.3 is 20.3 Å². The Kier molecular flexibility index (Phi) is 11.5. The molecule has 0 amide bonds. The van der Waals surface area contributed by atoms with Gasteiger partial charge in [-0.1, -0.05) is 32.4 Å². The summed E-state index contributed by atoms with van der Waals surface area (Å²) in [6, 6.07) is 7.24. The fraction of sp³-hybridized carbons (Fsp3) is 0.571. The molecule has 10 nitrogen and oxygen atoms in total. The Balaban J connectivity index is 0.000000926. The summed E-state index contributed by atoms with van der Waals surface area (Å²) in [4.78, 5) is 29.2. The first-order chi connectivity index (χ1) is 17.9. The van der Waals surface area contributed by atoms with E-state index in [9.17, 15) is 14.7 Å². The first-order valence-corrected chi connectivity index (χ1v) is 13.2. The molecule has 0 bridgehead atoms. The van der Waals surface area contributed by atoms with Crippen LogP contribution in [0.25, 0.3) is 11.0 Å². The first-order valence-electron chi connectivity index (χ1n) is 13.2. The highest BCUT2D eigenvalue weighted by Crippen LogP contribution is 2.17. The van der Waals surface area contributed by atoms with Crippen LogP contribution in [0.3, 0.4) is 0 Å². The predicted molar refractivity (Wildman–Crippen MR) is 149 cm³/mol. The van der Waals surface area contributed by atoms with E-state index < -0.39 is 12.1 Å². The van der Waals surface area contributed by atoms with Crippen LogP contribution in [0.4, 0.5) is 0 Å². The molecule has 10 heteroatoms. The minimum atomic E-state index is -0.977. The van der Waals surface area contributed by atoms with Gasteiger partial charge in [-0.3, -0.25) is 14.0 Å². The normalized spacial score (nSPS) is 12.2. The zero-order valence-corrected chi connectivity index (χ0v) is 23.8. The van der Waals surface area contributed by atoms with Crippen LogP contribution in [0.1, 0.15) is 65.0 Å². The van der Waals surface area contributed by atoms with Crippen LogP contribution >= 0.6 is 0 Å². The van der Waals surface area contributed by atoms with Gasteiger partial charge in [-0.2, -0.15) is 5.10 Å². The van der Waals surface area contributed by atoms with Crippen LogP contribution in [0.15, 0.2) is 29.1 Å². The first kappa shape index (κ1) is 31.0. The van der Waals surface area contributed by atoms with E-state index in [0.717, 1.165) is 24.1 Å². The van der Waals surface area contributed by atoms with Gasteiger partial charge in [-0.05, 0) is 51.8 Å². The second-order valence-electron chi connectivity index (χ2n) is 10.2. The zero-order chi connectivity index (χ0) is 28.5. The van der Waals surface area contributed by atoms with Crippen LogP contribution in [-0.4, -0.2) is 55.3 Å². The second-order valence-corrected chi connectivity index (χ2v) is 10.2. The zero-order valence-electron chi connectivity index (χ0n) is 23.8. The highest BCUT2D eigenvalue weighted by atomic mass is 16.5. The fourth-order valence-electron chi connectivity index (χ4n) is 3.88. The number of nitrogens with two attached hydrogens (primary N) is 1. The maximum absolute atomic E-state index is 13.2. The van der Waals surface area contributed by atoms with Crippen LogP contribution < -0.4 is 16.0 Å². The smallest absolute Gasteiger partial charge is 0.333 e. The van der Waals surface area contributed by atoms with E-state index in [1.165, 1.54) is 0 Å². The molecule has 2 heterocycles. The molecular weight excluding hydrogens is 486 g/mol. The van der Waals surface area contributed by atoms with Gasteiger partial charge in [0, 0.05) is 32.0 Å². The monoisotopic (exact) mass is 529 g/mol. The van der Waals surface area contributed by atoms with E-state index in [-0.39, 0.29) is 17.5 Å². The third kappa shape index (κ3) is 8.95. The van der Waals surface area contributed by atoms with Crippen LogP contribution in [-0.2, 0) is 42.4 Å². The van der Waals surface area contributed by atoms with Crippen molar-refractivity contribution in [3.63, 3.8) is 0 Å². The summed E-state index contributed by atoms with van der Waals surface area (Å²) in [6.07, 6.45) is 1.77. The largest absolute Gasteiger partial charge is 0.492 e. The van der Waals surface area contributed by atoms with Gasteiger partial charge in [-0.15, -0.1) is 0 Å². The van der Waals surface area contributed by atoms with Crippen LogP contribution in [0, 0.1) is 0 Å². The molecule has 3 rings (SSSR count). The number of carboxylic acids is 1. The van der Waals surface area contributed by atoms with Crippen molar-refractivity contribution in [3.05, 3.63) is 51.7 Å². The fourth-order valence-corrected chi connectivity index (χ4v) is 3.88. The molecule has 210 valence electrons. The molecule has 0 aliphatic heterocycles. The Morgan fingerprint density at radius 3 is 2.32 bits per heavy atom. The Labute approximate surface area is 224 Å². The number of benzene rings is 1. The molecule has 0 saturated heterocycles. The third-order valence-corrected chi connectivity index (χ3v) is 5.47. The number of aromatic nitrogens is 4. The molecule has 38 heavy (non-hydrogen) atoms. The summed E-state index contributed by atoms with van der Waals surface area (Å²) in [5, 5.41) is 13.7. The van der Waals surface area contributed by atoms with E-state index >= 15 is 0 Å². The van der Waals surface area contributed by atoms with Gasteiger partial charge in [-0.25, -0.2) is 9.78 Å². The number of aryl methyl sites for hydroxylation is 3. The maximum atomic E-state index is 13.2. The molecular formula is C28H43N5O5. The van der Waals surface area contributed by atoms with Gasteiger partial charge in [0.2, 0.25) is 0 Å². The van der Waals surface area contributed by atoms with Gasteiger partial charge in [0.25, 0.3) is 5.56 Å². The Morgan fingerprint density at radius 1 is 1.16 bits per heavy atom. The highest BCUT2D eigenvalue weighted by Gasteiger charge is 2.19. The maximum Gasteiger partial charge on any atom is 0.333 e. The van der Waals surface area contributed by atoms with Crippen molar-refractivity contribution < 1.29 is 19.4 Å². The predicted octanol–water partition coefficient (Wildman–Crippen LogP) is 3.50. The van der Waals surface area contributed by atoms with Gasteiger partial charge in [0.05, 0.1) is 12.2 Å². The van der Waals surface area contributed by atoms with Gasteiger partial charge in [0.1, 0.15) is 23.7 Å². The molecule has 3 N–H and O–H groups in total. The summed E-state index contributed by atoms with van der Waals surface area (Å²) in [7, 11) is 1.78. The molecule has 1 aromatic carbocycles. The molecule has 0 aliphatic carbocycles. The molecule has 0 saturated carbocycles. The summed E-state index contributed by atoms with van der Waals surface area (Å²) in [5.41, 5.74) is 8.17. The minimum absolute atomic E-state index is 0. The topological polar surface area (TPSA) is 134 Å². The van der Waals surface area contributed by atoms with E-state index in [1.54, 1.807) is 35.4 Å². The van der Waals surface area contributed by atoms with E-state index in [4.69, 9.17) is 20.2 Å². The summed E-state index contributed by atoms with van der Waals surface area (Å²) >= 11 is 0. The SMILES string of the molecule is CC(C)(C)N.CCCc1nn(C)c2c(=O)n(CCOc3ccc(CC(OCC)C(=O)O)cc3)c(CC)nc12. The molecule has 3 aromatic rings. The van der Waals surface area contributed by atoms with Crippen molar-refractivity contribution >= 4 is 17.0 Å². The summed E-state index contributed by atoms with van der Waals surface area (Å²) < 4.78 is 14.4. The van der Waals surface area contributed by atoms with Gasteiger partial charge >= 0.3 is 5.97 Å². The van der Waals surface area contributed by atoms with Crippen LogP contribution in [0.5, 0.6) is 5.75 Å². The van der Waals surface area contributed by atoms with Crippen molar-refractivity contribution in [3.8, 4) is 5.75 Å². The number of nitrogens with zero attached hydrogens (tertiary/aromatic N) is 4. The van der Waals surface area contributed by atoms with Crippen molar-refractivity contribution in [2.45, 2.75) is 85.4 Å². The van der Waals surface area contributed by atoms with E-state index in [1.807, 2.05) is 39.8 Å². The molecule has 1 unspecified atom stereocenters. The lowest BCUT2D eigenvalue weighted by molar-refractivity contribution is -0.149. The number of fused-ring (bicyclic) bond motifs is 1. The third-order valence-electron chi connectivity index (χ3n) is 5.47. The second kappa shape index (κ2) is 14.1. The average molecular weight is 530 g/mol. The molecule has 0 fully saturated rings. The van der Waals surface area contributed by atoms with Crippen LogP contribution in [0.2, 0.25) is 0 Å². The number of aliphatic carboxylic acids is 1. The standard InChI is InChI=1S/C24H32N4O5.C4H11N/c1-5-8-18-21-22(27(4)26-18)23(29)28(20(6-2)25-21)13-14-33-17-11-9-16(10-12-17)15-19(24(30)31)32-7-3;1-4(2,3)5/h9-12,19H,5-8,13-15H2,1-4H3,(H,30,31);5H2,1-3H3. The lowest BCUT2D eigenvalue weighted by atomic mass is 10.1. The Morgan fingerprint density at radius 2 is 1.79 bits per heavy atom. The van der Waals surface area contributed by atoms with Gasteiger partial charge in [0.15, 0.2) is 11.6 Å². The molecule has 1 atom stereocenters. The van der Waals surface area contributed by atoms with Crippen molar-refractivity contribution in [1.29, 1.82) is 0 Å². The van der Waals surface area contributed by atoms with Crippen molar-refractivity contribution in [2.24, 2.45) is 12.8 Å². The average Bonchev–Trinajstić information content (AvgIpc) is 3.15. The quantitative estimate of drug-likeness (QED) is 0.364. The lowest BCUT2D eigenvalue weighted by Crippen LogP contribution is -2.28. The number of rotatable bonds is 12. The van der Waals surface area contributed by atoms with Crippen molar-refractivity contribution in [1.82, 2.24) is 19.3 Å². The molecule has 0 spiro atoms. The summed E-state index contributed by atoms with van der Waals surface area (Å²) in [6.45, 7) is 12.7. The number of hydrogen-bond acceptors (Lipinski definition) is 7. The van der Waals surface area contributed by atoms with E-state index in [2.05, 4.69) is 12.0 Å². The number of ether oxygens (including phenoxy) is 2. The molecule has 2 aromatic heterocycles.